The van der Waals surface area contributed by atoms with Crippen LogP contribution >= 0.6 is 0 Å². The monoisotopic (exact) mass is 371 g/mol. The number of nitrogens with two attached hydrogens (primary N) is 1. The van der Waals surface area contributed by atoms with Gasteiger partial charge in [0, 0.05) is 24.2 Å². The van der Waals surface area contributed by atoms with Crippen LogP contribution in [0.2, 0.25) is 0 Å². The third kappa shape index (κ3) is 3.89. The number of nitrogens with zero attached hydrogens (tertiary/aromatic N) is 3. The lowest BCUT2D eigenvalue weighted by molar-refractivity contribution is -0.384. The number of carbonyl (C=O) groups is 2. The van der Waals surface area contributed by atoms with Crippen LogP contribution in [0.15, 0.2) is 53.6 Å². The molecule has 0 bridgehead atoms. The van der Waals surface area contributed by atoms with Gasteiger partial charge >= 0.3 is 0 Å². The zero-order valence-electron chi connectivity index (χ0n) is 13.8. The third-order valence-electron chi connectivity index (χ3n) is 3.93. The molecule has 1 heterocycles. The summed E-state index contributed by atoms with van der Waals surface area (Å²) >= 11 is 0. The molecule has 0 radical (unpaired) electrons. The normalized spacial score (nSPS) is 16.0. The molecule has 9 nitrogen and oxygen atoms in total. The van der Waals surface area contributed by atoms with E-state index >= 15 is 0 Å². The smallest absolute Gasteiger partial charge is 0.271 e. The van der Waals surface area contributed by atoms with E-state index in [1.165, 1.54) is 53.5 Å². The van der Waals surface area contributed by atoms with E-state index in [0.717, 1.165) is 0 Å². The van der Waals surface area contributed by atoms with Gasteiger partial charge < -0.3 is 11.1 Å². The van der Waals surface area contributed by atoms with Crippen molar-refractivity contribution in [2.45, 2.75) is 12.5 Å². The van der Waals surface area contributed by atoms with Crippen molar-refractivity contribution in [2.24, 2.45) is 10.8 Å². The molecule has 3 N–H and O–H groups in total. The quantitative estimate of drug-likeness (QED) is 0.611. The van der Waals surface area contributed by atoms with Crippen LogP contribution in [0.1, 0.15) is 6.42 Å². The number of nitrogens with one attached hydrogen (secondary N) is 1. The van der Waals surface area contributed by atoms with Gasteiger partial charge in [0.15, 0.2) is 0 Å². The second-order valence-corrected chi connectivity index (χ2v) is 5.75. The van der Waals surface area contributed by atoms with E-state index in [1.54, 1.807) is 0 Å². The molecule has 0 saturated heterocycles. The number of carbonyl (C=O) groups excluding carboxylic acids is 2. The minimum Gasteiger partial charge on any atom is -0.368 e. The number of hydrogen-bond acceptors (Lipinski definition) is 6. The Hall–Kier alpha value is -3.82. The summed E-state index contributed by atoms with van der Waals surface area (Å²) in [5.74, 6) is -1.70. The Morgan fingerprint density at radius 1 is 1.19 bits per heavy atom. The molecule has 0 aromatic heterocycles. The lowest BCUT2D eigenvalue weighted by Gasteiger charge is -2.20. The van der Waals surface area contributed by atoms with Gasteiger partial charge in [0.2, 0.25) is 5.91 Å². The van der Waals surface area contributed by atoms with Crippen molar-refractivity contribution in [1.29, 1.82) is 0 Å². The lowest BCUT2D eigenvalue weighted by atomic mass is 10.1. The fourth-order valence-corrected chi connectivity index (χ4v) is 2.57. The van der Waals surface area contributed by atoms with Crippen molar-refractivity contribution in [3.8, 4) is 0 Å². The molecule has 1 aliphatic heterocycles. The largest absolute Gasteiger partial charge is 0.368 e. The Morgan fingerprint density at radius 3 is 2.37 bits per heavy atom. The van der Waals surface area contributed by atoms with Crippen LogP contribution in [0, 0.1) is 15.9 Å². The fourth-order valence-electron chi connectivity index (χ4n) is 2.57. The summed E-state index contributed by atoms with van der Waals surface area (Å²) in [7, 11) is 0. The molecule has 0 saturated carbocycles. The molecule has 10 heteroatoms. The highest BCUT2D eigenvalue weighted by Gasteiger charge is 2.35. The van der Waals surface area contributed by atoms with E-state index in [0.29, 0.717) is 11.4 Å². The molecular formula is C17H14FN5O4. The van der Waals surface area contributed by atoms with Crippen LogP contribution < -0.4 is 16.1 Å². The van der Waals surface area contributed by atoms with Gasteiger partial charge in [-0.25, -0.2) is 4.39 Å². The molecule has 2 amide bonds. The summed E-state index contributed by atoms with van der Waals surface area (Å²) in [4.78, 5) is 34.2. The van der Waals surface area contributed by atoms with Crippen molar-refractivity contribution in [3.05, 3.63) is 64.5 Å². The summed E-state index contributed by atoms with van der Waals surface area (Å²) < 4.78 is 13.1. The molecule has 1 aliphatic rings. The molecule has 0 fully saturated rings. The van der Waals surface area contributed by atoms with Gasteiger partial charge in [0.25, 0.3) is 11.6 Å². The number of halogens is 1. The maximum absolute atomic E-state index is 13.1. The van der Waals surface area contributed by atoms with Crippen LogP contribution in [-0.4, -0.2) is 28.5 Å². The first-order chi connectivity index (χ1) is 12.8. The number of anilines is 2. The first kappa shape index (κ1) is 18.0. The molecular weight excluding hydrogens is 357 g/mol. The topological polar surface area (TPSA) is 131 Å². The van der Waals surface area contributed by atoms with E-state index < -0.39 is 28.6 Å². The molecule has 0 aliphatic carbocycles. The first-order valence-electron chi connectivity index (χ1n) is 7.82. The molecule has 27 heavy (non-hydrogen) atoms. The SMILES string of the molecule is NC(=O)C1CC(C(=O)Nc2ccc([N+](=O)[O-])cc2)=NN1c1ccc(F)cc1. The van der Waals surface area contributed by atoms with Gasteiger partial charge in [-0.15, -0.1) is 0 Å². The van der Waals surface area contributed by atoms with Gasteiger partial charge in [-0.1, -0.05) is 0 Å². The Morgan fingerprint density at radius 2 is 1.81 bits per heavy atom. The first-order valence-corrected chi connectivity index (χ1v) is 7.82. The van der Waals surface area contributed by atoms with Gasteiger partial charge in [0.1, 0.15) is 17.6 Å². The second-order valence-electron chi connectivity index (χ2n) is 5.75. The Balaban J connectivity index is 1.79. The van der Waals surface area contributed by atoms with Gasteiger partial charge in [-0.2, -0.15) is 5.10 Å². The average Bonchev–Trinajstić information content (AvgIpc) is 3.08. The molecule has 2 aromatic rings. The Labute approximate surface area is 152 Å². The zero-order valence-corrected chi connectivity index (χ0v) is 13.8. The number of nitro benzene ring substituents is 1. The summed E-state index contributed by atoms with van der Waals surface area (Å²) in [6.07, 6.45) is -0.0223. The standard InChI is InChI=1S/C17H14FN5O4/c18-10-1-5-12(6-2-10)22-15(16(19)24)9-14(21-22)17(25)20-11-3-7-13(8-4-11)23(26)27/h1-8,15H,9H2,(H2,19,24)(H,20,25). The Bertz CT molecular complexity index is 927. The highest BCUT2D eigenvalue weighted by Crippen LogP contribution is 2.25. The lowest BCUT2D eigenvalue weighted by Crippen LogP contribution is -2.39. The highest BCUT2D eigenvalue weighted by molar-refractivity contribution is 6.44. The minimum atomic E-state index is -0.881. The summed E-state index contributed by atoms with van der Waals surface area (Å²) in [6, 6.07) is 9.65. The maximum atomic E-state index is 13.1. The van der Waals surface area contributed by atoms with Crippen LogP contribution in [0.25, 0.3) is 0 Å². The Kier molecular flexibility index (Phi) is 4.79. The van der Waals surface area contributed by atoms with E-state index in [9.17, 15) is 24.1 Å². The van der Waals surface area contributed by atoms with Gasteiger partial charge in [-0.3, -0.25) is 24.7 Å². The summed E-state index contributed by atoms with van der Waals surface area (Å²) in [5, 5.41) is 18.6. The van der Waals surface area contributed by atoms with Crippen molar-refractivity contribution < 1.29 is 18.9 Å². The van der Waals surface area contributed by atoms with E-state index in [2.05, 4.69) is 10.4 Å². The van der Waals surface area contributed by atoms with E-state index in [-0.39, 0.29) is 17.8 Å². The highest BCUT2D eigenvalue weighted by atomic mass is 19.1. The third-order valence-corrected chi connectivity index (χ3v) is 3.93. The average molecular weight is 371 g/mol. The maximum Gasteiger partial charge on any atom is 0.271 e. The van der Waals surface area contributed by atoms with E-state index in [4.69, 9.17) is 5.73 Å². The second kappa shape index (κ2) is 7.20. The van der Waals surface area contributed by atoms with Crippen LogP contribution in [0.5, 0.6) is 0 Å². The van der Waals surface area contributed by atoms with Gasteiger partial charge in [-0.05, 0) is 36.4 Å². The molecule has 1 unspecified atom stereocenters. The van der Waals surface area contributed by atoms with E-state index in [1.807, 2.05) is 0 Å². The van der Waals surface area contributed by atoms with Gasteiger partial charge in [0.05, 0.1) is 10.6 Å². The molecule has 138 valence electrons. The number of amides is 2. The number of hydrazone groups is 1. The van der Waals surface area contributed by atoms with Crippen LogP contribution in [0.4, 0.5) is 21.5 Å². The number of primary amides is 1. The predicted octanol–water partition coefficient (Wildman–Crippen LogP) is 1.79. The van der Waals surface area contributed by atoms with Crippen molar-refractivity contribution in [3.63, 3.8) is 0 Å². The fraction of sp³-hybridized carbons (Fsp3) is 0.118. The predicted molar refractivity (Wildman–Crippen MR) is 95.6 cm³/mol. The number of nitro groups is 1. The minimum absolute atomic E-state index is 0.0223. The number of non-ortho nitro benzene ring substituents is 1. The number of rotatable bonds is 5. The molecule has 1 atom stereocenters. The number of hydrogen-bond donors (Lipinski definition) is 2. The molecule has 3 rings (SSSR count). The zero-order chi connectivity index (χ0) is 19.6. The van der Waals surface area contributed by atoms with Crippen molar-refractivity contribution >= 4 is 34.6 Å². The van der Waals surface area contributed by atoms with Crippen molar-refractivity contribution in [1.82, 2.24) is 0 Å². The van der Waals surface area contributed by atoms with Crippen LogP contribution in [-0.2, 0) is 9.59 Å². The molecule has 2 aromatic carbocycles. The van der Waals surface area contributed by atoms with Crippen molar-refractivity contribution in [2.75, 3.05) is 10.3 Å². The number of benzene rings is 2. The summed E-state index contributed by atoms with van der Waals surface area (Å²) in [6.45, 7) is 0. The summed E-state index contributed by atoms with van der Waals surface area (Å²) in [5.41, 5.74) is 6.09. The van der Waals surface area contributed by atoms with Crippen LogP contribution in [0.3, 0.4) is 0 Å². The molecule has 0 spiro atoms.